The van der Waals surface area contributed by atoms with E-state index < -0.39 is 11.9 Å². The van der Waals surface area contributed by atoms with Crippen LogP contribution < -0.4 is 0 Å². The van der Waals surface area contributed by atoms with E-state index in [4.69, 9.17) is 9.47 Å². The molecule has 0 spiro atoms. The van der Waals surface area contributed by atoms with E-state index in [9.17, 15) is 5.11 Å². The Morgan fingerprint density at radius 1 is 1.50 bits per heavy atom. The molecule has 1 atom stereocenters. The zero-order chi connectivity index (χ0) is 10.6. The highest BCUT2D eigenvalue weighted by Crippen LogP contribution is 2.22. The smallest absolute Gasteiger partial charge is 0.185 e. The zero-order valence-electron chi connectivity index (χ0n) is 8.69. The summed E-state index contributed by atoms with van der Waals surface area (Å²) < 4.78 is 10.1. The summed E-state index contributed by atoms with van der Waals surface area (Å²) >= 11 is 1.62. The monoisotopic (exact) mass is 216 g/mol. The molecule has 0 amide bonds. The van der Waals surface area contributed by atoms with Gasteiger partial charge < -0.3 is 14.6 Å². The molecule has 14 heavy (non-hydrogen) atoms. The van der Waals surface area contributed by atoms with Crippen LogP contribution in [0.3, 0.4) is 0 Å². The fourth-order valence-electron chi connectivity index (χ4n) is 1.45. The van der Waals surface area contributed by atoms with Crippen LogP contribution in [0.4, 0.5) is 0 Å². The first-order valence-corrected chi connectivity index (χ1v) is 5.28. The van der Waals surface area contributed by atoms with Gasteiger partial charge in [0.2, 0.25) is 0 Å². The molecule has 0 saturated heterocycles. The molecule has 0 aliphatic heterocycles. The predicted octanol–water partition coefficient (Wildman–Crippen LogP) is 1.66. The molecule has 1 aromatic rings. The van der Waals surface area contributed by atoms with Crippen molar-refractivity contribution in [1.82, 2.24) is 0 Å². The molecular formula is C10H16O3S. The molecule has 1 rings (SSSR count). The molecule has 1 unspecified atom stereocenters. The molecule has 0 saturated carbocycles. The minimum Gasteiger partial charge on any atom is -0.384 e. The zero-order valence-corrected chi connectivity index (χ0v) is 9.50. The Morgan fingerprint density at radius 2 is 2.14 bits per heavy atom. The van der Waals surface area contributed by atoms with Crippen LogP contribution in [-0.2, 0) is 15.9 Å². The van der Waals surface area contributed by atoms with Crippen molar-refractivity contribution in [3.05, 3.63) is 22.4 Å². The van der Waals surface area contributed by atoms with Crippen molar-refractivity contribution in [2.75, 3.05) is 14.2 Å². The van der Waals surface area contributed by atoms with E-state index in [0.29, 0.717) is 6.42 Å². The van der Waals surface area contributed by atoms with Crippen molar-refractivity contribution >= 4 is 11.3 Å². The van der Waals surface area contributed by atoms with Crippen LogP contribution in [-0.4, -0.2) is 31.2 Å². The molecule has 0 fully saturated rings. The van der Waals surface area contributed by atoms with Gasteiger partial charge in [0.15, 0.2) is 6.29 Å². The largest absolute Gasteiger partial charge is 0.384 e. The van der Waals surface area contributed by atoms with E-state index in [2.05, 4.69) is 0 Å². The average Bonchev–Trinajstić information content (AvgIpc) is 2.57. The standard InChI is InChI=1S/C10H16O3S/c1-10(11,9(12-2)13-3)7-8-5-4-6-14-8/h4-6,9,11H,7H2,1-3H3. The first-order chi connectivity index (χ1) is 6.60. The molecule has 0 aromatic carbocycles. The van der Waals surface area contributed by atoms with Gasteiger partial charge in [0.25, 0.3) is 0 Å². The maximum Gasteiger partial charge on any atom is 0.185 e. The maximum absolute atomic E-state index is 10.1. The fraction of sp³-hybridized carbons (Fsp3) is 0.600. The molecule has 80 valence electrons. The van der Waals surface area contributed by atoms with Crippen molar-refractivity contribution in [2.45, 2.75) is 25.2 Å². The highest BCUT2D eigenvalue weighted by atomic mass is 32.1. The molecule has 0 aliphatic rings. The molecule has 3 nitrogen and oxygen atoms in total. The number of ether oxygens (including phenoxy) is 2. The first-order valence-electron chi connectivity index (χ1n) is 4.40. The molecular weight excluding hydrogens is 200 g/mol. The van der Waals surface area contributed by atoms with E-state index in [0.717, 1.165) is 4.88 Å². The lowest BCUT2D eigenvalue weighted by molar-refractivity contribution is -0.207. The number of rotatable bonds is 5. The van der Waals surface area contributed by atoms with Gasteiger partial charge in [-0.15, -0.1) is 11.3 Å². The molecule has 1 aromatic heterocycles. The number of thiophene rings is 1. The Labute approximate surface area is 88.3 Å². The van der Waals surface area contributed by atoms with Gasteiger partial charge in [-0.1, -0.05) is 6.07 Å². The summed E-state index contributed by atoms with van der Waals surface area (Å²) in [4.78, 5) is 1.12. The summed E-state index contributed by atoms with van der Waals surface area (Å²) in [5.41, 5.74) is -0.992. The second kappa shape index (κ2) is 4.89. The predicted molar refractivity (Wildman–Crippen MR) is 56.5 cm³/mol. The van der Waals surface area contributed by atoms with Crippen LogP contribution in [0, 0.1) is 0 Å². The molecule has 0 aliphatic carbocycles. The van der Waals surface area contributed by atoms with Crippen molar-refractivity contribution in [3.8, 4) is 0 Å². The van der Waals surface area contributed by atoms with Crippen molar-refractivity contribution in [3.63, 3.8) is 0 Å². The quantitative estimate of drug-likeness (QED) is 0.761. The summed E-state index contributed by atoms with van der Waals surface area (Å²) in [6, 6.07) is 3.95. The van der Waals surface area contributed by atoms with Gasteiger partial charge in [-0.2, -0.15) is 0 Å². The fourth-order valence-corrected chi connectivity index (χ4v) is 2.32. The first kappa shape index (κ1) is 11.7. The number of hydrogen-bond donors (Lipinski definition) is 1. The lowest BCUT2D eigenvalue weighted by Crippen LogP contribution is -2.43. The van der Waals surface area contributed by atoms with Crippen LogP contribution in [0.25, 0.3) is 0 Å². The van der Waals surface area contributed by atoms with Crippen LogP contribution in [0.5, 0.6) is 0 Å². The van der Waals surface area contributed by atoms with Gasteiger partial charge in [-0.25, -0.2) is 0 Å². The van der Waals surface area contributed by atoms with E-state index in [-0.39, 0.29) is 0 Å². The SMILES string of the molecule is COC(OC)C(C)(O)Cc1cccs1. The van der Waals surface area contributed by atoms with Gasteiger partial charge in [0, 0.05) is 25.5 Å². The van der Waals surface area contributed by atoms with Crippen molar-refractivity contribution < 1.29 is 14.6 Å². The highest BCUT2D eigenvalue weighted by Gasteiger charge is 2.32. The Kier molecular flexibility index (Phi) is 4.07. The minimum atomic E-state index is -0.992. The van der Waals surface area contributed by atoms with E-state index in [1.54, 1.807) is 18.3 Å². The number of hydrogen-bond acceptors (Lipinski definition) is 4. The van der Waals surface area contributed by atoms with Gasteiger partial charge in [0.05, 0.1) is 0 Å². The van der Waals surface area contributed by atoms with Crippen molar-refractivity contribution in [2.24, 2.45) is 0 Å². The Morgan fingerprint density at radius 3 is 2.57 bits per heavy atom. The lowest BCUT2D eigenvalue weighted by Gasteiger charge is -2.30. The summed E-state index contributed by atoms with van der Waals surface area (Å²) in [5, 5.41) is 12.1. The third-order valence-electron chi connectivity index (χ3n) is 2.05. The second-order valence-corrected chi connectivity index (χ2v) is 4.45. The number of methoxy groups -OCH3 is 2. The summed E-state index contributed by atoms with van der Waals surface area (Å²) in [6.45, 7) is 1.71. The van der Waals surface area contributed by atoms with Crippen LogP contribution in [0.15, 0.2) is 17.5 Å². The molecule has 1 N–H and O–H groups in total. The highest BCUT2D eigenvalue weighted by molar-refractivity contribution is 7.09. The van der Waals surface area contributed by atoms with Gasteiger partial charge >= 0.3 is 0 Å². The van der Waals surface area contributed by atoms with Crippen LogP contribution in [0.2, 0.25) is 0 Å². The Bertz CT molecular complexity index is 252. The second-order valence-electron chi connectivity index (χ2n) is 3.42. The lowest BCUT2D eigenvalue weighted by atomic mass is 10.0. The number of aliphatic hydroxyl groups is 1. The molecule has 0 bridgehead atoms. The van der Waals surface area contributed by atoms with Gasteiger partial charge in [-0.05, 0) is 18.4 Å². The third-order valence-corrected chi connectivity index (χ3v) is 2.92. The molecule has 1 heterocycles. The topological polar surface area (TPSA) is 38.7 Å². The van der Waals surface area contributed by atoms with E-state index >= 15 is 0 Å². The Hall–Kier alpha value is -0.420. The Balaban J connectivity index is 2.65. The van der Waals surface area contributed by atoms with Gasteiger partial charge in [0.1, 0.15) is 5.60 Å². The molecule has 0 radical (unpaired) electrons. The van der Waals surface area contributed by atoms with Crippen LogP contribution in [0.1, 0.15) is 11.8 Å². The summed E-state index contributed by atoms with van der Waals surface area (Å²) in [6.07, 6.45) is -0.0543. The van der Waals surface area contributed by atoms with Gasteiger partial charge in [-0.3, -0.25) is 0 Å². The van der Waals surface area contributed by atoms with Crippen molar-refractivity contribution in [1.29, 1.82) is 0 Å². The minimum absolute atomic E-state index is 0.539. The average molecular weight is 216 g/mol. The van der Waals surface area contributed by atoms with Crippen LogP contribution >= 0.6 is 11.3 Å². The summed E-state index contributed by atoms with van der Waals surface area (Å²) in [5.74, 6) is 0. The van der Waals surface area contributed by atoms with E-state index in [1.165, 1.54) is 14.2 Å². The maximum atomic E-state index is 10.1. The normalized spacial score (nSPS) is 15.8. The third kappa shape index (κ3) is 2.78. The molecule has 4 heteroatoms. The van der Waals surface area contributed by atoms with E-state index in [1.807, 2.05) is 17.5 Å². The summed E-state index contributed by atoms with van der Waals surface area (Å²) in [7, 11) is 3.05.